The van der Waals surface area contributed by atoms with Gasteiger partial charge in [0.25, 0.3) is 0 Å². The monoisotopic (exact) mass is 532 g/mol. The molecule has 0 saturated carbocycles. The van der Waals surface area contributed by atoms with E-state index in [1.54, 1.807) is 16.7 Å². The molecule has 2 aliphatic carbocycles. The van der Waals surface area contributed by atoms with Gasteiger partial charge in [-0.25, -0.2) is 0 Å². The van der Waals surface area contributed by atoms with Crippen molar-refractivity contribution >= 4 is 11.0 Å². The summed E-state index contributed by atoms with van der Waals surface area (Å²) in [4.78, 5) is 0. The molecule has 4 aromatic carbocycles. The van der Waals surface area contributed by atoms with Gasteiger partial charge < -0.3 is 0 Å². The summed E-state index contributed by atoms with van der Waals surface area (Å²) in [6.07, 6.45) is 2.69. The van der Waals surface area contributed by atoms with E-state index in [1.165, 1.54) is 39.0 Å². The molecule has 0 aliphatic heterocycles. The first-order valence-electron chi connectivity index (χ1n) is 12.3. The molecule has 0 nitrogen and oxygen atoms in total. The van der Waals surface area contributed by atoms with Gasteiger partial charge in [0.2, 0.25) is 0 Å². The fraction of sp³-hybridized carbons (Fsp3) is 0.188. The van der Waals surface area contributed by atoms with Gasteiger partial charge in [-0.05, 0) is 0 Å². The predicted octanol–water partition coefficient (Wildman–Crippen LogP) is 8.43. The van der Waals surface area contributed by atoms with E-state index in [0.29, 0.717) is 7.25 Å². The Morgan fingerprint density at radius 3 is 1.82 bits per heavy atom. The van der Waals surface area contributed by atoms with Crippen LogP contribution in [0.5, 0.6) is 0 Å². The second-order valence-corrected chi connectivity index (χ2v) is 28.1. The summed E-state index contributed by atoms with van der Waals surface area (Å²) in [6.45, 7) is 9.69. The molecule has 0 fully saturated rings. The van der Waals surface area contributed by atoms with Crippen molar-refractivity contribution in [3.05, 3.63) is 136 Å². The summed E-state index contributed by atoms with van der Waals surface area (Å²) < 4.78 is 1.27. The molecule has 4 aromatic rings. The molecule has 1 atom stereocenters. The summed E-state index contributed by atoms with van der Waals surface area (Å²) in [5.41, 5.74) is 14.4. The van der Waals surface area contributed by atoms with Crippen LogP contribution in [0.1, 0.15) is 46.2 Å². The van der Waals surface area contributed by atoms with Gasteiger partial charge >= 0.3 is 213 Å². The van der Waals surface area contributed by atoms with Gasteiger partial charge in [-0.2, -0.15) is 0 Å². The van der Waals surface area contributed by atoms with Crippen LogP contribution in [0, 0.1) is 13.8 Å². The third-order valence-corrected chi connectivity index (χ3v) is 26.7. The predicted molar refractivity (Wildman–Crippen MR) is 143 cm³/mol. The van der Waals surface area contributed by atoms with Crippen LogP contribution in [-0.2, 0) is 20.4 Å². The Morgan fingerprint density at radius 1 is 0.618 bits per heavy atom. The zero-order valence-electron chi connectivity index (χ0n) is 20.4. The third-order valence-electron chi connectivity index (χ3n) is 7.56. The number of benzene rings is 4. The molecule has 2 heteroatoms. The van der Waals surface area contributed by atoms with Crippen molar-refractivity contribution in [2.45, 2.75) is 34.2 Å². The first-order chi connectivity index (χ1) is 16.5. The molecule has 2 aliphatic rings. The van der Waals surface area contributed by atoms with Crippen LogP contribution < -0.4 is 0 Å². The van der Waals surface area contributed by atoms with E-state index in [2.05, 4.69) is 124 Å². The molecular formula is C32H30SiZr. The van der Waals surface area contributed by atoms with Crippen molar-refractivity contribution < 1.29 is 20.4 Å². The van der Waals surface area contributed by atoms with Gasteiger partial charge in [0, 0.05) is 0 Å². The number of aryl methyl sites for hydroxylation is 2. The van der Waals surface area contributed by atoms with Crippen LogP contribution in [0.25, 0.3) is 16.7 Å². The Morgan fingerprint density at radius 2 is 1.21 bits per heavy atom. The molecule has 0 N–H and O–H groups in total. The van der Waals surface area contributed by atoms with E-state index >= 15 is 0 Å². The van der Waals surface area contributed by atoms with Crippen LogP contribution >= 0.6 is 0 Å². The second kappa shape index (κ2) is 8.74. The molecule has 34 heavy (non-hydrogen) atoms. The van der Waals surface area contributed by atoms with Crippen LogP contribution in [0.3, 0.4) is 0 Å². The number of rotatable bonds is 3. The molecule has 0 saturated heterocycles. The molecule has 0 spiro atoms. The molecule has 0 amide bonds. The first-order valence-corrected chi connectivity index (χ1v) is 21.3. The average molecular weight is 534 g/mol. The maximum atomic E-state index is 2.69. The van der Waals surface area contributed by atoms with E-state index in [9.17, 15) is 0 Å². The minimum atomic E-state index is -2.07. The Kier molecular flexibility index (Phi) is 5.71. The topological polar surface area (TPSA) is 0 Å². The fourth-order valence-corrected chi connectivity index (χ4v) is 25.4. The minimum absolute atomic E-state index is 0.436. The van der Waals surface area contributed by atoms with Gasteiger partial charge in [0.1, 0.15) is 0 Å². The van der Waals surface area contributed by atoms with E-state index < -0.39 is 25.8 Å². The molecule has 0 bridgehead atoms. The zero-order chi connectivity index (χ0) is 23.4. The molecule has 0 radical (unpaired) electrons. The van der Waals surface area contributed by atoms with Crippen molar-refractivity contribution in [2.75, 3.05) is 0 Å². The standard InChI is InChI=1S/C15H13.C15H11.C2H6Si.Zr/c1-10-3-5-12-9-13-6-4-11(2)8-15(13)14(12)7-10;1-2-6-12(7-3-1)15-11-10-13-8-4-5-9-14(13)15;1-3-2;/h3-9H,1-2H3;1-11H;1-2H3;. The number of hydrogen-bond acceptors (Lipinski definition) is 0. The Balaban J connectivity index is 1.58. The van der Waals surface area contributed by atoms with Crippen LogP contribution in [0.4, 0.5) is 0 Å². The van der Waals surface area contributed by atoms with Crippen LogP contribution in [0.15, 0.2) is 97.1 Å². The third kappa shape index (κ3) is 3.58. The number of fused-ring (bicyclic) bond motifs is 4. The molecular weight excluding hydrogens is 504 g/mol. The van der Waals surface area contributed by atoms with Crippen molar-refractivity contribution in [1.29, 1.82) is 0 Å². The van der Waals surface area contributed by atoms with E-state index in [4.69, 9.17) is 0 Å². The molecule has 1 unspecified atom stereocenters. The van der Waals surface area contributed by atoms with Gasteiger partial charge in [-0.3, -0.25) is 0 Å². The van der Waals surface area contributed by atoms with Crippen LogP contribution in [-0.4, -0.2) is 5.43 Å². The van der Waals surface area contributed by atoms with Crippen molar-refractivity contribution in [3.63, 3.8) is 0 Å². The van der Waals surface area contributed by atoms with E-state index in [1.807, 2.05) is 0 Å². The molecule has 0 aromatic heterocycles. The van der Waals surface area contributed by atoms with Gasteiger partial charge in [0.05, 0.1) is 0 Å². The van der Waals surface area contributed by atoms with Crippen molar-refractivity contribution in [2.24, 2.45) is 0 Å². The number of allylic oxidation sites excluding steroid dienone is 1. The quantitative estimate of drug-likeness (QED) is 0.232. The molecule has 6 rings (SSSR count). The van der Waals surface area contributed by atoms with Crippen LogP contribution in [0.2, 0.25) is 13.1 Å². The SMILES string of the molecule is Cc1ccc2c(c1)-c1cc(C)ccc1[CH]2[Zr]([CH]1C=C(c2ccccc2)c2ccccc21)=[Si](C)C. The van der Waals surface area contributed by atoms with E-state index in [0.717, 1.165) is 0 Å². The average Bonchev–Trinajstić information content (AvgIpc) is 3.36. The Hall–Kier alpha value is -2.28. The first kappa shape index (κ1) is 22.2. The number of hydrogen-bond donors (Lipinski definition) is 0. The second-order valence-electron chi connectivity index (χ2n) is 10.1. The normalized spacial score (nSPS) is 16.0. The van der Waals surface area contributed by atoms with Gasteiger partial charge in [-0.15, -0.1) is 0 Å². The fourth-order valence-electron chi connectivity index (χ4n) is 6.08. The van der Waals surface area contributed by atoms with E-state index in [-0.39, 0.29) is 0 Å². The van der Waals surface area contributed by atoms with Crippen molar-refractivity contribution in [3.8, 4) is 11.1 Å². The zero-order valence-corrected chi connectivity index (χ0v) is 23.9. The van der Waals surface area contributed by atoms with Crippen molar-refractivity contribution in [1.82, 2.24) is 0 Å². The summed E-state index contributed by atoms with van der Waals surface area (Å²) in [5.74, 6) is 0. The molecule has 0 heterocycles. The summed E-state index contributed by atoms with van der Waals surface area (Å²) in [6, 6.07) is 34.8. The summed E-state index contributed by atoms with van der Waals surface area (Å²) in [7, 11) is 0. The Labute approximate surface area is 211 Å². The Bertz CT molecular complexity index is 1440. The summed E-state index contributed by atoms with van der Waals surface area (Å²) in [5, 5.41) is 0. The maximum absolute atomic E-state index is 2.69. The van der Waals surface area contributed by atoms with Gasteiger partial charge in [-0.1, -0.05) is 0 Å². The van der Waals surface area contributed by atoms with Gasteiger partial charge in [0.15, 0.2) is 0 Å². The molecule has 166 valence electrons. The summed E-state index contributed by atoms with van der Waals surface area (Å²) >= 11 is -2.07.